The predicted molar refractivity (Wildman–Crippen MR) is 472 cm³/mol. The van der Waals surface area contributed by atoms with Crippen molar-refractivity contribution in [1.82, 2.24) is 0 Å². The van der Waals surface area contributed by atoms with Crippen molar-refractivity contribution in [2.75, 3.05) is 26.4 Å². The molecule has 0 amide bonds. The van der Waals surface area contributed by atoms with Crippen LogP contribution in [0.2, 0.25) is 0 Å². The fourth-order valence-corrected chi connectivity index (χ4v) is 17.2. The molecule has 2 heterocycles. The first-order valence-corrected chi connectivity index (χ1v) is 50.5. The molecule has 2 aliphatic heterocycles. The van der Waals surface area contributed by atoms with Crippen LogP contribution < -0.4 is 0 Å². The number of unbranched alkanes of at least 4 members (excludes halogenated alkanes) is 47. The second-order valence-electron chi connectivity index (χ2n) is 35.2. The standard InChI is InChI=1S/C95H175O25P/c1-6-10-14-18-22-25-28-31-34-37-40-42-45-48-56-62-68-80(99)114-75(71-111-78(97)66-60-55-51-50-53-59-65-74(5)64-58-52-21-17-13-9-4)72-113-121(109,110)120-93-91(118-94-88(107)84(103)82(101)76(70-96)115-94)87(106)86(105)90(117-81(100)69-63-57-49-46-43-39-36-33-30-27-24-20-16-12-8-3)92(93)119-95-89(108)85(104)83(102)77(116-95)73-112-79(98)67-61-54-47-44-41-38-35-32-29-26-23-19-15-11-7-2/h26-27,29-30,74-77,82-96,101-108H,6-25,28,31-73H2,1-5H3,(H,109,110)/b29-26-,30-27-. The molecule has 25 nitrogen and oxygen atoms in total. The third-order valence-electron chi connectivity index (χ3n) is 24.1. The van der Waals surface area contributed by atoms with E-state index in [0.29, 0.717) is 38.0 Å². The number of phosphoric ester groups is 1. The van der Waals surface area contributed by atoms with Crippen molar-refractivity contribution in [3.63, 3.8) is 0 Å². The number of ether oxygens (including phenoxy) is 8. The van der Waals surface area contributed by atoms with E-state index < -0.39 is 162 Å². The van der Waals surface area contributed by atoms with E-state index in [0.717, 1.165) is 161 Å². The normalized spacial score (nSPS) is 25.0. The molecule has 19 atom stereocenters. The highest BCUT2D eigenvalue weighted by molar-refractivity contribution is 7.47. The summed E-state index contributed by atoms with van der Waals surface area (Å²) in [4.78, 5) is 66.7. The van der Waals surface area contributed by atoms with Gasteiger partial charge >= 0.3 is 31.7 Å². The molecule has 2 saturated heterocycles. The van der Waals surface area contributed by atoms with Gasteiger partial charge in [-0.25, -0.2) is 4.57 Å². The van der Waals surface area contributed by atoms with Gasteiger partial charge in [-0.2, -0.15) is 0 Å². The van der Waals surface area contributed by atoms with Crippen LogP contribution in [0.4, 0.5) is 0 Å². The van der Waals surface area contributed by atoms with E-state index in [9.17, 15) is 74.6 Å². The molecule has 0 spiro atoms. The Morgan fingerprint density at radius 3 is 1.07 bits per heavy atom. The van der Waals surface area contributed by atoms with Crippen LogP contribution in [-0.2, 0) is 70.7 Å². The maximum atomic E-state index is 14.9. The average Bonchev–Trinajstić information content (AvgIpc) is 0.753. The van der Waals surface area contributed by atoms with Crippen LogP contribution in [0.1, 0.15) is 420 Å². The zero-order valence-corrected chi connectivity index (χ0v) is 76.9. The summed E-state index contributed by atoms with van der Waals surface area (Å²) >= 11 is 0. The molecule has 3 aliphatic rings. The van der Waals surface area contributed by atoms with Crippen LogP contribution in [0, 0.1) is 5.92 Å². The fraction of sp³-hybridized carbons (Fsp3) is 0.916. The van der Waals surface area contributed by atoms with E-state index >= 15 is 0 Å². The second-order valence-corrected chi connectivity index (χ2v) is 36.6. The van der Waals surface area contributed by atoms with Gasteiger partial charge in [0.15, 0.2) is 24.8 Å². The van der Waals surface area contributed by atoms with Gasteiger partial charge in [0.25, 0.3) is 0 Å². The molecule has 10 N–H and O–H groups in total. The Morgan fingerprint density at radius 1 is 0.347 bits per heavy atom. The lowest BCUT2D eigenvalue weighted by Crippen LogP contribution is -2.70. The number of esters is 4. The average molecular weight is 1750 g/mol. The van der Waals surface area contributed by atoms with E-state index in [-0.39, 0.29) is 25.7 Å². The lowest BCUT2D eigenvalue weighted by molar-refractivity contribution is -0.360. The topological polar surface area (TPSA) is 380 Å². The van der Waals surface area contributed by atoms with Crippen molar-refractivity contribution in [2.24, 2.45) is 5.92 Å². The molecular weight excluding hydrogens is 1570 g/mol. The fourth-order valence-electron chi connectivity index (χ4n) is 16.2. The zero-order chi connectivity index (χ0) is 88.4. The summed E-state index contributed by atoms with van der Waals surface area (Å²) in [5, 5.41) is 102. The summed E-state index contributed by atoms with van der Waals surface area (Å²) in [5.74, 6) is -2.28. The molecule has 0 aromatic heterocycles. The Bertz CT molecular complexity index is 2620. The zero-order valence-electron chi connectivity index (χ0n) is 76.0. The Morgan fingerprint density at radius 2 is 0.669 bits per heavy atom. The predicted octanol–water partition coefficient (Wildman–Crippen LogP) is 18.7. The Kier molecular flexibility index (Phi) is 67.5. The van der Waals surface area contributed by atoms with E-state index in [2.05, 4.69) is 58.9 Å². The van der Waals surface area contributed by atoms with Gasteiger partial charge in [-0.1, -0.05) is 341 Å². The minimum absolute atomic E-state index is 0.00888. The van der Waals surface area contributed by atoms with Crippen LogP contribution in [0.15, 0.2) is 24.3 Å². The van der Waals surface area contributed by atoms with Crippen LogP contribution >= 0.6 is 7.82 Å². The van der Waals surface area contributed by atoms with Crippen LogP contribution in [-0.4, -0.2) is 205 Å². The van der Waals surface area contributed by atoms with Crippen molar-refractivity contribution in [3.05, 3.63) is 24.3 Å². The second kappa shape index (κ2) is 72.8. The smallest absolute Gasteiger partial charge is 0.463 e. The maximum Gasteiger partial charge on any atom is 0.472 e. The molecule has 1 saturated carbocycles. The monoisotopic (exact) mass is 1750 g/mol. The summed E-state index contributed by atoms with van der Waals surface area (Å²) in [6.07, 6.45) is 32.9. The molecule has 26 heteroatoms. The van der Waals surface area contributed by atoms with Crippen LogP contribution in [0.5, 0.6) is 0 Å². The molecule has 121 heavy (non-hydrogen) atoms. The lowest BCUT2D eigenvalue weighted by Gasteiger charge is -2.50. The highest BCUT2D eigenvalue weighted by Crippen LogP contribution is 2.49. The first-order valence-electron chi connectivity index (χ1n) is 49.0. The number of carbonyl (C=O) groups excluding carboxylic acids is 4. The first-order chi connectivity index (χ1) is 58.6. The van der Waals surface area contributed by atoms with Gasteiger partial charge in [0, 0.05) is 25.7 Å². The van der Waals surface area contributed by atoms with Crippen molar-refractivity contribution in [3.8, 4) is 0 Å². The van der Waals surface area contributed by atoms with Crippen molar-refractivity contribution in [2.45, 2.75) is 524 Å². The van der Waals surface area contributed by atoms with E-state index in [4.69, 9.17) is 46.9 Å². The number of allylic oxidation sites excluding steroid dienone is 4. The van der Waals surface area contributed by atoms with Gasteiger partial charge in [0.2, 0.25) is 0 Å². The molecule has 710 valence electrons. The minimum Gasteiger partial charge on any atom is -0.463 e. The molecule has 3 rings (SSSR count). The summed E-state index contributed by atoms with van der Waals surface area (Å²) in [7, 11) is -5.81. The Labute approximate surface area is 730 Å². The quantitative estimate of drug-likeness (QED) is 0.00889. The third kappa shape index (κ3) is 52.9. The summed E-state index contributed by atoms with van der Waals surface area (Å²) in [6, 6.07) is 0. The molecule has 0 aromatic carbocycles. The van der Waals surface area contributed by atoms with E-state index in [1.165, 1.54) is 167 Å². The van der Waals surface area contributed by atoms with Gasteiger partial charge < -0.3 is 88.7 Å². The highest BCUT2D eigenvalue weighted by atomic mass is 31.2. The Balaban J connectivity index is 1.91. The maximum absolute atomic E-state index is 14.9. The van der Waals surface area contributed by atoms with Gasteiger partial charge in [-0.05, 0) is 83.0 Å². The number of carbonyl (C=O) groups is 4. The number of aliphatic hydroxyl groups is 9. The minimum atomic E-state index is -5.81. The van der Waals surface area contributed by atoms with Gasteiger partial charge in [0.1, 0.15) is 92.6 Å². The number of hydrogen-bond donors (Lipinski definition) is 10. The lowest BCUT2D eigenvalue weighted by atomic mass is 9.84. The molecule has 3 fully saturated rings. The van der Waals surface area contributed by atoms with E-state index in [1.54, 1.807) is 0 Å². The van der Waals surface area contributed by atoms with Crippen LogP contribution in [0.3, 0.4) is 0 Å². The number of rotatable bonds is 79. The van der Waals surface area contributed by atoms with Gasteiger partial charge in [-0.3, -0.25) is 28.2 Å². The van der Waals surface area contributed by atoms with Gasteiger partial charge in [-0.15, -0.1) is 0 Å². The molecule has 19 unspecified atom stereocenters. The first kappa shape index (κ1) is 112. The summed E-state index contributed by atoms with van der Waals surface area (Å²) in [6.45, 7) is 7.94. The van der Waals surface area contributed by atoms with Gasteiger partial charge in [0.05, 0.1) is 13.2 Å². The third-order valence-corrected chi connectivity index (χ3v) is 25.1. The highest BCUT2D eigenvalue weighted by Gasteiger charge is 2.60. The van der Waals surface area contributed by atoms with E-state index in [1.807, 2.05) is 0 Å². The molecular formula is C95H175O25P. The summed E-state index contributed by atoms with van der Waals surface area (Å²) in [5.41, 5.74) is 0. The molecule has 0 aromatic rings. The number of aliphatic hydroxyl groups excluding tert-OH is 9. The number of phosphoric acid groups is 1. The SMILES string of the molecule is CCCCCC/C=C\CCCCCCCCCC(=O)OCC1OC(OC2C(OC(=O)CCCCCCCCC/C=C\CCCCCC)C(O)C(O)C(OC3OC(CO)C(O)C(O)C3O)C2OP(=O)(O)OCC(COC(=O)CCCCCCCCC(C)CCCCCCCC)OC(=O)CCCCCCCCCCCCCCCCCC)C(O)C(O)C1O. The summed E-state index contributed by atoms with van der Waals surface area (Å²) < 4.78 is 73.6. The molecule has 0 radical (unpaired) electrons. The molecule has 1 aliphatic carbocycles. The number of hydrogen-bond acceptors (Lipinski definition) is 24. The Hall–Kier alpha value is -3.05. The van der Waals surface area contributed by atoms with Crippen LogP contribution in [0.25, 0.3) is 0 Å². The van der Waals surface area contributed by atoms with Crippen molar-refractivity contribution in [1.29, 1.82) is 0 Å². The van der Waals surface area contributed by atoms with Crippen molar-refractivity contribution >= 4 is 31.7 Å². The molecule has 0 bridgehead atoms. The van der Waals surface area contributed by atoms with Crippen molar-refractivity contribution < 1.29 is 122 Å². The largest absolute Gasteiger partial charge is 0.472 e.